The summed E-state index contributed by atoms with van der Waals surface area (Å²) in [5.41, 5.74) is 3.79. The summed E-state index contributed by atoms with van der Waals surface area (Å²) in [4.78, 5) is 0. The molecule has 0 amide bonds. The van der Waals surface area contributed by atoms with Gasteiger partial charge in [-0.15, -0.1) is 0 Å². The second kappa shape index (κ2) is 8.35. The number of allylic oxidation sites excluding steroid dienone is 4. The quantitative estimate of drug-likeness (QED) is 0.290. The van der Waals surface area contributed by atoms with E-state index in [1.54, 1.807) is 5.57 Å². The molecule has 0 saturated heterocycles. The summed E-state index contributed by atoms with van der Waals surface area (Å²) in [6, 6.07) is 0. The molecule has 0 bridgehead atoms. The van der Waals surface area contributed by atoms with E-state index in [-0.39, 0.29) is 0 Å². The molecule has 1 aliphatic carbocycles. The zero-order valence-corrected chi connectivity index (χ0v) is 20.7. The molecule has 0 N–H and O–H groups in total. The first-order valence-corrected chi connectivity index (χ1v) is 13.5. The van der Waals surface area contributed by atoms with Gasteiger partial charge < -0.3 is 4.43 Å². The van der Waals surface area contributed by atoms with Crippen molar-refractivity contribution in [3.63, 3.8) is 0 Å². The topological polar surface area (TPSA) is 9.23 Å². The van der Waals surface area contributed by atoms with Gasteiger partial charge in [0.25, 0.3) is 0 Å². The van der Waals surface area contributed by atoms with Crippen LogP contribution in [0, 0.1) is 16.7 Å². The van der Waals surface area contributed by atoms with Gasteiger partial charge in [-0.1, -0.05) is 64.8 Å². The number of rotatable bonds is 9. The van der Waals surface area contributed by atoms with E-state index >= 15 is 0 Å². The predicted octanol–water partition coefficient (Wildman–Crippen LogP) is 8.14. The fourth-order valence-electron chi connectivity index (χ4n) is 3.90. The maximum Gasteiger partial charge on any atom is 0.191 e. The molecule has 2 heteroatoms. The van der Waals surface area contributed by atoms with Crippen LogP contribution in [0.25, 0.3) is 0 Å². The largest absolute Gasteiger partial charge is 0.417 e. The fraction of sp³-hybridized carbons (Fsp3) is 0.833. The van der Waals surface area contributed by atoms with Crippen molar-refractivity contribution in [1.82, 2.24) is 0 Å². The average Bonchev–Trinajstić information content (AvgIpc) is 2.87. The van der Waals surface area contributed by atoms with Gasteiger partial charge in [-0.2, -0.15) is 0 Å². The molecule has 152 valence electrons. The Labute approximate surface area is 165 Å². The van der Waals surface area contributed by atoms with Crippen LogP contribution in [0.2, 0.25) is 18.1 Å². The highest BCUT2D eigenvalue weighted by Gasteiger charge is 2.66. The Kier molecular flexibility index (Phi) is 7.61. The van der Waals surface area contributed by atoms with Gasteiger partial charge in [-0.25, -0.2) is 0 Å². The number of hydrogen-bond donors (Lipinski definition) is 0. The summed E-state index contributed by atoms with van der Waals surface area (Å²) in [6.45, 7) is 26.7. The van der Waals surface area contributed by atoms with Crippen molar-refractivity contribution >= 4 is 8.32 Å². The maximum absolute atomic E-state index is 6.57. The monoisotopic (exact) mass is 378 g/mol. The normalized spacial score (nSPS) is 26.0. The van der Waals surface area contributed by atoms with Crippen molar-refractivity contribution in [3.05, 3.63) is 23.3 Å². The molecule has 0 radical (unpaired) electrons. The van der Waals surface area contributed by atoms with Crippen molar-refractivity contribution in [2.24, 2.45) is 16.7 Å². The van der Waals surface area contributed by atoms with Crippen LogP contribution in [-0.4, -0.2) is 14.9 Å². The van der Waals surface area contributed by atoms with Crippen LogP contribution in [0.4, 0.5) is 0 Å². The Hall–Kier alpha value is -0.343. The summed E-state index contributed by atoms with van der Waals surface area (Å²) in [5, 5.41) is 0.299. The zero-order chi connectivity index (χ0) is 20.4. The van der Waals surface area contributed by atoms with Crippen LogP contribution in [0.3, 0.4) is 0 Å². The lowest BCUT2D eigenvalue weighted by molar-refractivity contribution is 0.245. The molecule has 1 fully saturated rings. The third-order valence-electron chi connectivity index (χ3n) is 7.69. The van der Waals surface area contributed by atoms with Crippen molar-refractivity contribution < 1.29 is 4.43 Å². The molecule has 0 spiro atoms. The Bertz CT molecular complexity index is 529. The van der Waals surface area contributed by atoms with Crippen LogP contribution >= 0.6 is 0 Å². The van der Waals surface area contributed by atoms with E-state index in [0.717, 1.165) is 6.61 Å². The fourth-order valence-corrected chi connectivity index (χ4v) is 4.92. The first kappa shape index (κ1) is 23.7. The first-order chi connectivity index (χ1) is 11.6. The van der Waals surface area contributed by atoms with E-state index in [9.17, 15) is 0 Å². The van der Waals surface area contributed by atoms with Gasteiger partial charge in [0.1, 0.15) is 0 Å². The van der Waals surface area contributed by atoms with E-state index < -0.39 is 8.32 Å². The van der Waals surface area contributed by atoms with Crippen molar-refractivity contribution in [3.8, 4) is 0 Å². The molecular formula is C24H46OSi. The second-order valence-electron chi connectivity index (χ2n) is 11.2. The minimum atomic E-state index is -1.64. The van der Waals surface area contributed by atoms with Crippen LogP contribution in [-0.2, 0) is 4.43 Å². The van der Waals surface area contributed by atoms with Crippen molar-refractivity contribution in [2.75, 3.05) is 6.61 Å². The summed E-state index contributed by atoms with van der Waals surface area (Å²) >= 11 is 0. The van der Waals surface area contributed by atoms with Gasteiger partial charge in [0, 0.05) is 6.61 Å². The lowest BCUT2D eigenvalue weighted by Gasteiger charge is -2.36. The van der Waals surface area contributed by atoms with E-state index in [0.29, 0.717) is 21.8 Å². The molecule has 0 aliphatic heterocycles. The van der Waals surface area contributed by atoms with Gasteiger partial charge in [0.15, 0.2) is 8.32 Å². The van der Waals surface area contributed by atoms with Crippen molar-refractivity contribution in [2.45, 2.75) is 106 Å². The third-order valence-corrected chi connectivity index (χ3v) is 12.2. The Morgan fingerprint density at radius 3 is 2.08 bits per heavy atom. The lowest BCUT2D eigenvalue weighted by atomic mass is 9.92. The zero-order valence-electron chi connectivity index (χ0n) is 19.7. The smallest absolute Gasteiger partial charge is 0.191 e. The Balaban J connectivity index is 2.55. The minimum absolute atomic E-state index is 0.299. The summed E-state index contributed by atoms with van der Waals surface area (Å²) < 4.78 is 6.57. The molecule has 1 nitrogen and oxygen atoms in total. The van der Waals surface area contributed by atoms with E-state index in [2.05, 4.69) is 87.6 Å². The molecule has 2 atom stereocenters. The van der Waals surface area contributed by atoms with Gasteiger partial charge in [0.2, 0.25) is 0 Å². The third kappa shape index (κ3) is 5.58. The highest BCUT2D eigenvalue weighted by molar-refractivity contribution is 6.74. The Morgan fingerprint density at radius 2 is 1.58 bits per heavy atom. The molecule has 26 heavy (non-hydrogen) atoms. The first-order valence-electron chi connectivity index (χ1n) is 10.6. The van der Waals surface area contributed by atoms with Gasteiger partial charge in [-0.3, -0.25) is 0 Å². The molecular weight excluding hydrogens is 332 g/mol. The highest BCUT2D eigenvalue weighted by atomic mass is 28.4. The van der Waals surface area contributed by atoms with Crippen LogP contribution in [0.5, 0.6) is 0 Å². The Morgan fingerprint density at radius 1 is 1.00 bits per heavy atom. The lowest BCUT2D eigenvalue weighted by Crippen LogP contribution is -2.41. The molecule has 0 heterocycles. The van der Waals surface area contributed by atoms with Gasteiger partial charge >= 0.3 is 0 Å². The SMILES string of the molecule is CC(C)=CCC/C(C)=C/CC[C@@]1(C)[C@H](CO[Si](C)(C)C(C)(C)C)C1(C)C. The van der Waals surface area contributed by atoms with Crippen molar-refractivity contribution in [1.29, 1.82) is 0 Å². The molecule has 1 saturated carbocycles. The average molecular weight is 379 g/mol. The molecule has 0 unspecified atom stereocenters. The maximum atomic E-state index is 6.57. The minimum Gasteiger partial charge on any atom is -0.417 e. The molecule has 0 aromatic rings. The standard InChI is InChI=1S/C24H46OSi/c1-19(2)14-12-15-20(3)16-13-17-24(9)21(23(24,7)8)18-25-26(10,11)22(4,5)6/h14,16,21H,12-13,15,17-18H2,1-11H3/b20-16+/t21-,24+/m1/s1. The summed E-state index contributed by atoms with van der Waals surface area (Å²) in [7, 11) is -1.64. The second-order valence-corrected chi connectivity index (χ2v) is 16.0. The molecule has 1 aliphatic rings. The highest BCUT2D eigenvalue weighted by Crippen LogP contribution is 2.71. The summed E-state index contributed by atoms with van der Waals surface area (Å²) in [5.74, 6) is 0.698. The molecule has 0 aromatic heterocycles. The van der Waals surface area contributed by atoms with Gasteiger partial charge in [-0.05, 0) is 81.3 Å². The summed E-state index contributed by atoms with van der Waals surface area (Å²) in [6.07, 6.45) is 9.68. The van der Waals surface area contributed by atoms with Crippen LogP contribution in [0.1, 0.15) is 88.0 Å². The van der Waals surface area contributed by atoms with Crippen LogP contribution < -0.4 is 0 Å². The van der Waals surface area contributed by atoms with Crippen LogP contribution in [0.15, 0.2) is 23.3 Å². The van der Waals surface area contributed by atoms with Gasteiger partial charge in [0.05, 0.1) is 0 Å². The van der Waals surface area contributed by atoms with E-state index in [1.807, 2.05) is 0 Å². The molecule has 1 rings (SSSR count). The van der Waals surface area contributed by atoms with E-state index in [1.165, 1.54) is 31.3 Å². The van der Waals surface area contributed by atoms with E-state index in [4.69, 9.17) is 4.43 Å². The predicted molar refractivity (Wildman–Crippen MR) is 120 cm³/mol. The number of hydrogen-bond acceptors (Lipinski definition) is 1. The molecule has 0 aromatic carbocycles.